The molecule has 0 aliphatic carbocycles. The fourth-order valence-corrected chi connectivity index (χ4v) is 1.88. The number of carbonyl (C=O) groups is 3. The summed E-state index contributed by atoms with van der Waals surface area (Å²) in [7, 11) is 2.76. The maximum absolute atomic E-state index is 11.9. The Morgan fingerprint density at radius 2 is 1.17 bits per heavy atom. The van der Waals surface area contributed by atoms with Gasteiger partial charge in [0.05, 0.1) is 14.2 Å². The molecule has 2 aromatic carbocycles. The van der Waals surface area contributed by atoms with Crippen molar-refractivity contribution >= 4 is 18.7 Å². The minimum absolute atomic E-state index is 0.0941. The predicted molar refractivity (Wildman–Crippen MR) is 83.4 cm³/mol. The van der Waals surface area contributed by atoms with Gasteiger partial charge in [0.1, 0.15) is 12.6 Å². The van der Waals surface area contributed by atoms with Crippen LogP contribution in [0.3, 0.4) is 0 Å². The second kappa shape index (κ2) is 7.77. The predicted octanol–water partition coefficient (Wildman–Crippen LogP) is 2.91. The first-order chi connectivity index (χ1) is 11.6. The summed E-state index contributed by atoms with van der Waals surface area (Å²) >= 11 is 0. The fourth-order valence-electron chi connectivity index (χ4n) is 1.88. The first-order valence-corrected chi connectivity index (χ1v) is 6.77. The molecule has 0 radical (unpaired) electrons. The average molecular weight is 330 g/mol. The van der Waals surface area contributed by atoms with Crippen molar-refractivity contribution in [2.24, 2.45) is 0 Å². The van der Waals surface area contributed by atoms with Crippen LogP contribution in [0.2, 0.25) is 0 Å². The van der Waals surface area contributed by atoms with Gasteiger partial charge in [-0.15, -0.1) is 0 Å². The molecular weight excluding hydrogens is 316 g/mol. The molecule has 7 nitrogen and oxygen atoms in total. The first-order valence-electron chi connectivity index (χ1n) is 6.77. The van der Waals surface area contributed by atoms with Gasteiger partial charge in [-0.3, -0.25) is 9.59 Å². The number of ether oxygens (including phenoxy) is 4. The van der Waals surface area contributed by atoms with Gasteiger partial charge in [0.25, 0.3) is 0 Å². The van der Waals surface area contributed by atoms with Gasteiger partial charge in [0.15, 0.2) is 23.0 Å². The Labute approximate surface area is 137 Å². The molecule has 0 spiro atoms. The monoisotopic (exact) mass is 330 g/mol. The van der Waals surface area contributed by atoms with E-state index in [1.807, 2.05) is 0 Å². The van der Waals surface area contributed by atoms with Crippen LogP contribution in [-0.4, -0.2) is 32.9 Å². The first kappa shape index (κ1) is 17.0. The number of carbonyl (C=O) groups excluding carboxylic acids is 3. The van der Waals surface area contributed by atoms with E-state index in [1.54, 1.807) is 0 Å². The van der Waals surface area contributed by atoms with Crippen molar-refractivity contribution in [3.8, 4) is 23.0 Å². The molecule has 0 aliphatic heterocycles. The Kier molecular flexibility index (Phi) is 5.51. The highest BCUT2D eigenvalue weighted by Crippen LogP contribution is 2.30. The summed E-state index contributed by atoms with van der Waals surface area (Å²) in [6, 6.07) is 8.62. The number of hydrogen-bond donors (Lipinski definition) is 0. The van der Waals surface area contributed by atoms with Gasteiger partial charge in [-0.2, -0.15) is 0 Å². The van der Waals surface area contributed by atoms with E-state index in [4.69, 9.17) is 18.9 Å². The van der Waals surface area contributed by atoms with E-state index in [0.29, 0.717) is 23.7 Å². The van der Waals surface area contributed by atoms with Crippen molar-refractivity contribution in [2.45, 2.75) is 0 Å². The van der Waals surface area contributed by atoms with Crippen LogP contribution in [0.5, 0.6) is 23.0 Å². The Morgan fingerprint density at radius 3 is 1.50 bits per heavy atom. The zero-order chi connectivity index (χ0) is 17.5. The van der Waals surface area contributed by atoms with E-state index >= 15 is 0 Å². The summed E-state index contributed by atoms with van der Waals surface area (Å²) in [5.41, 5.74) is 0.748. The Balaban J connectivity index is 2.16. The quantitative estimate of drug-likeness (QED) is 0.457. The van der Waals surface area contributed by atoms with Gasteiger partial charge in [-0.05, 0) is 36.4 Å². The second-order valence-electron chi connectivity index (χ2n) is 4.51. The minimum Gasteiger partial charge on any atom is -0.493 e. The molecule has 0 fully saturated rings. The van der Waals surface area contributed by atoms with Crippen molar-refractivity contribution in [2.75, 3.05) is 14.2 Å². The van der Waals surface area contributed by atoms with E-state index in [9.17, 15) is 14.4 Å². The van der Waals surface area contributed by atoms with Gasteiger partial charge >= 0.3 is 6.16 Å². The van der Waals surface area contributed by atoms with Gasteiger partial charge < -0.3 is 18.9 Å². The summed E-state index contributed by atoms with van der Waals surface area (Å²) in [6.07, 6.45) is 0.262. The van der Waals surface area contributed by atoms with Crippen LogP contribution < -0.4 is 18.9 Å². The molecule has 0 saturated heterocycles. The lowest BCUT2D eigenvalue weighted by atomic mass is 10.2. The van der Waals surface area contributed by atoms with Crippen LogP contribution in [0.15, 0.2) is 36.4 Å². The highest BCUT2D eigenvalue weighted by molar-refractivity contribution is 5.78. The van der Waals surface area contributed by atoms with Crippen molar-refractivity contribution in [1.29, 1.82) is 0 Å². The van der Waals surface area contributed by atoms with Gasteiger partial charge in [-0.1, -0.05) is 0 Å². The lowest BCUT2D eigenvalue weighted by molar-refractivity contribution is 0.111. The topological polar surface area (TPSA) is 88.1 Å². The van der Waals surface area contributed by atoms with Gasteiger partial charge in [0, 0.05) is 11.1 Å². The Morgan fingerprint density at radius 1 is 0.750 bits per heavy atom. The van der Waals surface area contributed by atoms with Crippen LogP contribution in [0.4, 0.5) is 4.79 Å². The molecule has 0 N–H and O–H groups in total. The fraction of sp³-hybridized carbons (Fsp3) is 0.118. The summed E-state index contributed by atoms with van der Waals surface area (Å²) < 4.78 is 20.3. The van der Waals surface area contributed by atoms with Crippen LogP contribution in [-0.2, 0) is 0 Å². The number of hydrogen-bond acceptors (Lipinski definition) is 7. The molecule has 0 unspecified atom stereocenters. The molecular formula is C17H14O7. The van der Waals surface area contributed by atoms with Gasteiger partial charge in [0.2, 0.25) is 0 Å². The largest absolute Gasteiger partial charge is 0.519 e. The molecule has 0 aliphatic rings. The maximum atomic E-state index is 11.9. The van der Waals surface area contributed by atoms with E-state index in [1.165, 1.54) is 50.6 Å². The Bertz CT molecular complexity index is 704. The lowest BCUT2D eigenvalue weighted by Crippen LogP contribution is -2.15. The van der Waals surface area contributed by atoms with Gasteiger partial charge in [-0.25, -0.2) is 4.79 Å². The zero-order valence-corrected chi connectivity index (χ0v) is 13.0. The number of benzene rings is 2. The molecule has 2 aromatic rings. The van der Waals surface area contributed by atoms with E-state index in [0.717, 1.165) is 0 Å². The third kappa shape index (κ3) is 3.89. The molecule has 0 bridgehead atoms. The van der Waals surface area contributed by atoms with Crippen LogP contribution in [0.1, 0.15) is 20.7 Å². The average Bonchev–Trinajstić information content (AvgIpc) is 2.62. The summed E-state index contributed by atoms with van der Waals surface area (Å²) in [6.45, 7) is 0. The molecule has 24 heavy (non-hydrogen) atoms. The minimum atomic E-state index is -1.02. The van der Waals surface area contributed by atoms with Crippen molar-refractivity contribution in [3.05, 3.63) is 47.5 Å². The smallest absolute Gasteiger partial charge is 0.493 e. The normalized spacial score (nSPS) is 9.75. The third-order valence-corrected chi connectivity index (χ3v) is 3.03. The number of methoxy groups -OCH3 is 2. The number of aldehydes is 2. The molecule has 124 valence electrons. The summed E-state index contributed by atoms with van der Waals surface area (Å²) in [5.74, 6) is 0.604. The molecule has 0 atom stereocenters. The van der Waals surface area contributed by atoms with E-state index in [-0.39, 0.29) is 23.0 Å². The number of rotatable bonds is 6. The molecule has 0 saturated carbocycles. The summed E-state index contributed by atoms with van der Waals surface area (Å²) in [4.78, 5) is 33.4. The van der Waals surface area contributed by atoms with Crippen molar-refractivity contribution in [1.82, 2.24) is 0 Å². The van der Waals surface area contributed by atoms with Crippen LogP contribution in [0.25, 0.3) is 0 Å². The maximum Gasteiger partial charge on any atom is 0.519 e. The molecule has 0 aromatic heterocycles. The lowest BCUT2D eigenvalue weighted by Gasteiger charge is -2.11. The highest BCUT2D eigenvalue weighted by Gasteiger charge is 2.15. The zero-order valence-electron chi connectivity index (χ0n) is 13.0. The standard InChI is InChI=1S/C17H14O7/c1-21-15-7-11(9-18)3-5-13(15)23-17(20)24-14-6-4-12(10-19)8-16(14)22-2/h3-10H,1-2H3. The van der Waals surface area contributed by atoms with E-state index in [2.05, 4.69) is 0 Å². The van der Waals surface area contributed by atoms with Crippen LogP contribution in [0, 0.1) is 0 Å². The van der Waals surface area contributed by atoms with E-state index < -0.39 is 6.16 Å². The second-order valence-corrected chi connectivity index (χ2v) is 4.51. The van der Waals surface area contributed by atoms with Crippen molar-refractivity contribution < 1.29 is 33.3 Å². The Hall–Kier alpha value is -3.35. The highest BCUT2D eigenvalue weighted by atomic mass is 16.7. The van der Waals surface area contributed by atoms with Crippen molar-refractivity contribution in [3.63, 3.8) is 0 Å². The summed E-state index contributed by atoms with van der Waals surface area (Å²) in [5, 5.41) is 0. The molecule has 0 amide bonds. The molecule has 7 heteroatoms. The van der Waals surface area contributed by atoms with Crippen LogP contribution >= 0.6 is 0 Å². The molecule has 0 heterocycles. The SMILES string of the molecule is COc1cc(C=O)ccc1OC(=O)Oc1ccc(C=O)cc1OC. The molecule has 2 rings (SSSR count). The third-order valence-electron chi connectivity index (χ3n) is 3.03.